The number of thiol groups is 1. The molecule has 11 rings (SSSR count). The van der Waals surface area contributed by atoms with Gasteiger partial charge in [0, 0.05) is 53.9 Å². The van der Waals surface area contributed by atoms with Crippen molar-refractivity contribution in [1.82, 2.24) is 28.5 Å². The Kier molecular flexibility index (Phi) is 19.2. The molecule has 0 saturated carbocycles. The fourth-order valence-electron chi connectivity index (χ4n) is 8.34. The van der Waals surface area contributed by atoms with E-state index in [4.69, 9.17) is 33.0 Å². The van der Waals surface area contributed by atoms with E-state index >= 15 is 0 Å². The summed E-state index contributed by atoms with van der Waals surface area (Å²) in [7, 11) is 0. The molecule has 4 aliphatic rings. The standard InChI is InChI=1S/C22H20ClF2N3O3.C19H16ClF2N3O2.C7H8S.C3H6O2.2H2O/c23-17-7-13(1-2-18(17)25)16-9-28(15-11-31-12-15)19-4-6-27(22(30)21(16)19)10-20(29)26-5-3-14(24)8-26;20-14-7-11(1-2-15(14)22)13-8-23-16-4-6-25(19(27)18(13)16)10-17(26)24-5-3-12(21)9-24;1-6-2-4-7(8)5-3-6;4-3-1-5-2-3;;/h1-2,4,6-7,9,14-15H,3,5,8,10-12H2;1-2,4,6-8,12,23H,3,5,9-10H2;2-5,8H,1H3;3-4H,1-2H2;2*1H2. The first-order chi connectivity index (χ1) is 34.0. The van der Waals surface area contributed by atoms with Gasteiger partial charge in [-0.15, -0.1) is 12.6 Å². The van der Waals surface area contributed by atoms with Crippen LogP contribution in [-0.4, -0.2) is 127 Å². The number of fused-ring (bicyclic) bond motifs is 2. The SMILES string of the molecule is Cc1ccc(S)cc1.O.O.O=C(Cn1ccc2[nH]cc(-c3ccc(F)c(Cl)c3)c2c1=O)N1CCC(F)C1.O=C(Cn1ccc2c(c(-c3ccc(F)c(Cl)c3)cn2C2COC2)c1=O)N1CCC(F)C1.OC1COC1. The molecule has 3 aromatic carbocycles. The van der Waals surface area contributed by atoms with Gasteiger partial charge in [-0.2, -0.15) is 0 Å². The molecule has 0 aliphatic carbocycles. The predicted octanol–water partition coefficient (Wildman–Crippen LogP) is 6.78. The number of halogens is 6. The molecule has 15 nitrogen and oxygen atoms in total. The van der Waals surface area contributed by atoms with Gasteiger partial charge in [-0.05, 0) is 79.4 Å². The summed E-state index contributed by atoms with van der Waals surface area (Å²) in [5, 5.41) is 9.06. The summed E-state index contributed by atoms with van der Waals surface area (Å²) >= 11 is 16.0. The Balaban J connectivity index is 0.000000187. The molecule has 0 spiro atoms. The number of aromatic amines is 1. The summed E-state index contributed by atoms with van der Waals surface area (Å²) in [6.45, 7) is 4.75. The first-order valence-corrected chi connectivity index (χ1v) is 24.0. The van der Waals surface area contributed by atoms with Crippen LogP contribution in [0.1, 0.15) is 24.4 Å². The molecule has 0 bridgehead atoms. The number of amides is 2. The summed E-state index contributed by atoms with van der Waals surface area (Å²) < 4.78 is 68.4. The van der Waals surface area contributed by atoms with E-state index < -0.39 is 24.0 Å². The normalized spacial score (nSPS) is 17.2. The van der Waals surface area contributed by atoms with Gasteiger partial charge in [0.1, 0.15) is 43.2 Å². The number of carbonyl (C=O) groups excluding carboxylic acids is 2. The number of alkyl halides is 2. The highest BCUT2D eigenvalue weighted by atomic mass is 35.5. The van der Waals surface area contributed by atoms with Crippen LogP contribution in [0.2, 0.25) is 10.0 Å². The molecular weight excluding hydrogens is 1020 g/mol. The molecule has 0 radical (unpaired) electrons. The zero-order valence-electron chi connectivity index (χ0n) is 39.4. The minimum absolute atomic E-state index is 0. The van der Waals surface area contributed by atoms with E-state index in [0.717, 1.165) is 4.90 Å². The lowest BCUT2D eigenvalue weighted by Crippen LogP contribution is -2.35. The van der Waals surface area contributed by atoms with Gasteiger partial charge in [-0.1, -0.05) is 53.0 Å². The molecule has 73 heavy (non-hydrogen) atoms. The maximum absolute atomic E-state index is 13.7. The van der Waals surface area contributed by atoms with Crippen molar-refractivity contribution in [2.45, 2.75) is 62.2 Å². The number of rotatable bonds is 7. The molecule has 2 amide bonds. The van der Waals surface area contributed by atoms with Gasteiger partial charge in [-0.3, -0.25) is 19.2 Å². The highest BCUT2D eigenvalue weighted by Gasteiger charge is 2.29. The lowest BCUT2D eigenvalue weighted by molar-refractivity contribution is -0.131. The Morgan fingerprint density at radius 2 is 1.22 bits per heavy atom. The first-order valence-electron chi connectivity index (χ1n) is 22.8. The molecule has 8 heterocycles. The number of hydrogen-bond donors (Lipinski definition) is 3. The maximum atomic E-state index is 13.7. The average molecular weight is 1070 g/mol. The van der Waals surface area contributed by atoms with Crippen molar-refractivity contribution in [2.24, 2.45) is 0 Å². The average Bonchev–Trinajstić information content (AvgIpc) is 4.15. The van der Waals surface area contributed by atoms with Gasteiger partial charge in [0.2, 0.25) is 11.8 Å². The molecule has 390 valence electrons. The van der Waals surface area contributed by atoms with Crippen LogP contribution in [0.5, 0.6) is 0 Å². The third-order valence-electron chi connectivity index (χ3n) is 12.5. The molecule has 22 heteroatoms. The number of aryl methyl sites for hydroxylation is 1. The van der Waals surface area contributed by atoms with E-state index in [-0.39, 0.29) is 82.3 Å². The highest BCUT2D eigenvalue weighted by Crippen LogP contribution is 2.35. The van der Waals surface area contributed by atoms with E-state index in [2.05, 4.69) is 29.3 Å². The number of nitrogens with one attached hydrogen (secondary N) is 1. The van der Waals surface area contributed by atoms with Gasteiger partial charge < -0.3 is 54.0 Å². The molecule has 2 unspecified atom stereocenters. The second-order valence-electron chi connectivity index (χ2n) is 17.6. The van der Waals surface area contributed by atoms with Crippen LogP contribution >= 0.6 is 35.8 Å². The molecule has 4 aromatic heterocycles. The third kappa shape index (κ3) is 13.2. The first kappa shape index (κ1) is 56.3. The Labute approximate surface area is 431 Å². The number of likely N-dealkylation sites (tertiary alicyclic amines) is 2. The number of hydrogen-bond acceptors (Lipinski definition) is 8. The quantitative estimate of drug-likeness (QED) is 0.115. The number of ether oxygens (including phenoxy) is 2. The minimum Gasteiger partial charge on any atom is -0.412 e. The number of aromatic nitrogens is 4. The van der Waals surface area contributed by atoms with E-state index in [1.54, 1.807) is 30.6 Å². The summed E-state index contributed by atoms with van der Waals surface area (Å²) in [5.41, 5.74) is 4.29. The van der Waals surface area contributed by atoms with Crippen molar-refractivity contribution >= 4 is 69.5 Å². The predicted molar refractivity (Wildman–Crippen MR) is 274 cm³/mol. The van der Waals surface area contributed by atoms with E-state index in [0.29, 0.717) is 96.4 Å². The summed E-state index contributed by atoms with van der Waals surface area (Å²) in [6.07, 6.45) is 5.08. The zero-order chi connectivity index (χ0) is 50.5. The molecule has 4 aliphatic heterocycles. The molecule has 2 atom stereocenters. The zero-order valence-corrected chi connectivity index (χ0v) is 41.8. The number of aliphatic hydroxyl groups is 1. The number of aliphatic hydroxyl groups excluding tert-OH is 1. The number of benzene rings is 3. The van der Waals surface area contributed by atoms with Crippen LogP contribution in [-0.2, 0) is 32.2 Å². The van der Waals surface area contributed by atoms with Gasteiger partial charge in [-0.25, -0.2) is 17.6 Å². The Morgan fingerprint density at radius 3 is 1.66 bits per heavy atom. The number of nitrogens with zero attached hydrogens (tertiary/aromatic N) is 5. The molecule has 4 fully saturated rings. The van der Waals surface area contributed by atoms with Crippen LogP contribution in [0.15, 0.2) is 112 Å². The van der Waals surface area contributed by atoms with Crippen molar-refractivity contribution in [3.05, 3.63) is 146 Å². The summed E-state index contributed by atoms with van der Waals surface area (Å²) in [4.78, 5) is 58.2. The van der Waals surface area contributed by atoms with Gasteiger partial charge >= 0.3 is 0 Å². The topological polar surface area (TPSA) is 207 Å². The lowest BCUT2D eigenvalue weighted by atomic mass is 10.1. The van der Waals surface area contributed by atoms with Crippen LogP contribution in [0.3, 0.4) is 0 Å². The number of pyridine rings is 2. The van der Waals surface area contributed by atoms with Gasteiger partial charge in [0.15, 0.2) is 0 Å². The minimum atomic E-state index is -1.02. The van der Waals surface area contributed by atoms with E-state index in [1.165, 1.54) is 61.0 Å². The Hall–Kier alpha value is -5.97. The monoisotopic (exact) mass is 1070 g/mol. The Bertz CT molecular complexity index is 3160. The Morgan fingerprint density at radius 1 is 0.726 bits per heavy atom. The second kappa shape index (κ2) is 24.8. The second-order valence-corrected chi connectivity index (χ2v) is 19.0. The van der Waals surface area contributed by atoms with Crippen molar-refractivity contribution in [3.63, 3.8) is 0 Å². The summed E-state index contributed by atoms with van der Waals surface area (Å²) in [5.74, 6) is -1.67. The third-order valence-corrected chi connectivity index (χ3v) is 13.4. The van der Waals surface area contributed by atoms with Crippen LogP contribution < -0.4 is 11.1 Å². The van der Waals surface area contributed by atoms with Crippen LogP contribution in [0, 0.1) is 18.6 Å². The summed E-state index contributed by atoms with van der Waals surface area (Å²) in [6, 6.07) is 20.2. The van der Waals surface area contributed by atoms with E-state index in [9.17, 15) is 36.7 Å². The fraction of sp³-hybridized carbons (Fsp3) is 0.333. The highest BCUT2D eigenvalue weighted by molar-refractivity contribution is 7.80. The number of carbonyl (C=O) groups is 2. The smallest absolute Gasteiger partial charge is 0.261 e. The maximum Gasteiger partial charge on any atom is 0.261 e. The van der Waals surface area contributed by atoms with Crippen molar-refractivity contribution < 1.29 is 52.7 Å². The molecular formula is C51H54Cl2F4N6O9S. The van der Waals surface area contributed by atoms with Gasteiger partial charge in [0.05, 0.1) is 77.4 Å². The molecule has 7 aromatic rings. The lowest BCUT2D eigenvalue weighted by Gasteiger charge is -2.28. The van der Waals surface area contributed by atoms with Gasteiger partial charge in [0.25, 0.3) is 11.1 Å². The van der Waals surface area contributed by atoms with E-state index in [1.807, 2.05) is 35.0 Å². The van der Waals surface area contributed by atoms with Crippen molar-refractivity contribution in [3.8, 4) is 22.3 Å². The van der Waals surface area contributed by atoms with Crippen LogP contribution in [0.25, 0.3) is 44.1 Å². The fourth-order valence-corrected chi connectivity index (χ4v) is 8.85. The molecule has 4 saturated heterocycles. The van der Waals surface area contributed by atoms with Crippen molar-refractivity contribution in [2.75, 3.05) is 52.6 Å². The van der Waals surface area contributed by atoms with Crippen molar-refractivity contribution in [1.29, 1.82) is 0 Å². The largest absolute Gasteiger partial charge is 0.412 e. The number of H-pyrrole nitrogens is 1. The van der Waals surface area contributed by atoms with Crippen LogP contribution in [0.4, 0.5) is 17.6 Å². The molecule has 6 N–H and O–H groups in total.